The van der Waals surface area contributed by atoms with E-state index in [0.29, 0.717) is 12.2 Å². The van der Waals surface area contributed by atoms with Crippen molar-refractivity contribution in [1.29, 1.82) is 0 Å². The maximum Gasteiger partial charge on any atom is 0.340 e. The second kappa shape index (κ2) is 7.47. The van der Waals surface area contributed by atoms with Crippen LogP contribution in [0, 0.1) is 5.82 Å². The topological polar surface area (TPSA) is 58.6 Å². The number of urea groups is 1. The molecule has 0 heterocycles. The van der Waals surface area contributed by atoms with E-state index in [9.17, 15) is 14.0 Å². The fourth-order valence-electron chi connectivity index (χ4n) is 1.58. The molecule has 5 nitrogen and oxygen atoms in total. The molecule has 0 aliphatic heterocycles. The van der Waals surface area contributed by atoms with Gasteiger partial charge in [-0.2, -0.15) is 0 Å². The summed E-state index contributed by atoms with van der Waals surface area (Å²) in [6.45, 7) is 2.66. The molecule has 0 fully saturated rings. The predicted octanol–water partition coefficient (Wildman–Crippen LogP) is 2.88. The van der Waals surface area contributed by atoms with Crippen molar-refractivity contribution >= 4 is 17.7 Å². The molecule has 0 aliphatic carbocycles. The lowest BCUT2D eigenvalue weighted by atomic mass is 10.2. The molecule has 110 valence electrons. The van der Waals surface area contributed by atoms with E-state index in [4.69, 9.17) is 0 Å². The van der Waals surface area contributed by atoms with Crippen molar-refractivity contribution in [2.24, 2.45) is 0 Å². The first-order valence-electron chi connectivity index (χ1n) is 6.39. The fourth-order valence-corrected chi connectivity index (χ4v) is 1.58. The summed E-state index contributed by atoms with van der Waals surface area (Å²) in [5, 5.41) is 2.57. The van der Waals surface area contributed by atoms with Crippen molar-refractivity contribution in [1.82, 2.24) is 4.90 Å². The Morgan fingerprint density at radius 3 is 2.65 bits per heavy atom. The van der Waals surface area contributed by atoms with Crippen LogP contribution in [0.5, 0.6) is 0 Å². The quantitative estimate of drug-likeness (QED) is 0.845. The molecular weight excluding hydrogens is 263 g/mol. The van der Waals surface area contributed by atoms with Gasteiger partial charge in [-0.3, -0.25) is 0 Å². The Kier molecular flexibility index (Phi) is 5.96. The van der Waals surface area contributed by atoms with Crippen LogP contribution in [0.15, 0.2) is 18.2 Å². The van der Waals surface area contributed by atoms with Crippen molar-refractivity contribution < 1.29 is 18.7 Å². The average molecular weight is 282 g/mol. The number of hydrogen-bond donors (Lipinski definition) is 1. The fraction of sp³-hybridized carbons (Fsp3) is 0.429. The van der Waals surface area contributed by atoms with E-state index in [2.05, 4.69) is 10.1 Å². The number of esters is 1. The molecule has 0 unspecified atom stereocenters. The number of halogens is 1. The highest BCUT2D eigenvalue weighted by Crippen LogP contribution is 2.15. The van der Waals surface area contributed by atoms with Gasteiger partial charge in [0.25, 0.3) is 0 Å². The summed E-state index contributed by atoms with van der Waals surface area (Å²) in [6.07, 6.45) is 1.89. The van der Waals surface area contributed by atoms with Crippen molar-refractivity contribution in [3.8, 4) is 0 Å². The monoisotopic (exact) mass is 282 g/mol. The number of methoxy groups -OCH3 is 1. The molecule has 1 aromatic rings. The van der Waals surface area contributed by atoms with Gasteiger partial charge in [0.15, 0.2) is 0 Å². The zero-order chi connectivity index (χ0) is 15.1. The van der Waals surface area contributed by atoms with E-state index in [-0.39, 0.29) is 11.6 Å². The highest BCUT2D eigenvalue weighted by molar-refractivity contribution is 5.92. The van der Waals surface area contributed by atoms with Gasteiger partial charge in [-0.25, -0.2) is 14.0 Å². The third-order valence-electron chi connectivity index (χ3n) is 2.82. The van der Waals surface area contributed by atoms with Gasteiger partial charge in [-0.05, 0) is 24.6 Å². The molecule has 0 saturated carbocycles. The number of hydrogen-bond acceptors (Lipinski definition) is 3. The number of carbonyl (C=O) groups is 2. The molecule has 20 heavy (non-hydrogen) atoms. The van der Waals surface area contributed by atoms with E-state index >= 15 is 0 Å². The van der Waals surface area contributed by atoms with Crippen molar-refractivity contribution in [2.45, 2.75) is 19.8 Å². The van der Waals surface area contributed by atoms with Crippen LogP contribution in [0.1, 0.15) is 30.1 Å². The van der Waals surface area contributed by atoms with Crippen molar-refractivity contribution in [2.75, 3.05) is 26.0 Å². The Labute approximate surface area is 117 Å². The molecule has 0 radical (unpaired) electrons. The molecule has 1 aromatic carbocycles. The molecule has 0 aromatic heterocycles. The SMILES string of the molecule is CCCCN(C)C(=O)Nc1ccc(C(=O)OC)c(F)c1. The summed E-state index contributed by atoms with van der Waals surface area (Å²) in [7, 11) is 2.85. The molecule has 6 heteroatoms. The highest BCUT2D eigenvalue weighted by Gasteiger charge is 2.14. The standard InChI is InChI=1S/C14H19FN2O3/c1-4-5-8-17(2)14(19)16-10-6-7-11(12(15)9-10)13(18)20-3/h6-7,9H,4-5,8H2,1-3H3,(H,16,19). The minimum absolute atomic E-state index is 0.162. The van der Waals surface area contributed by atoms with Crippen molar-refractivity contribution in [3.05, 3.63) is 29.6 Å². The van der Waals surface area contributed by atoms with Gasteiger partial charge in [-0.1, -0.05) is 13.3 Å². The Bertz CT molecular complexity index is 491. The van der Waals surface area contributed by atoms with E-state index in [0.717, 1.165) is 18.9 Å². The Morgan fingerprint density at radius 1 is 1.40 bits per heavy atom. The Morgan fingerprint density at radius 2 is 2.10 bits per heavy atom. The van der Waals surface area contributed by atoms with Crippen LogP contribution in [-0.2, 0) is 4.74 Å². The number of anilines is 1. The first-order chi connectivity index (χ1) is 9.49. The van der Waals surface area contributed by atoms with E-state index < -0.39 is 11.8 Å². The minimum atomic E-state index is -0.750. The number of amides is 2. The van der Waals surface area contributed by atoms with Crippen LogP contribution in [-0.4, -0.2) is 37.6 Å². The lowest BCUT2D eigenvalue weighted by Gasteiger charge is -2.17. The number of unbranched alkanes of at least 4 members (excludes halogenated alkanes) is 1. The van der Waals surface area contributed by atoms with E-state index in [1.54, 1.807) is 7.05 Å². The zero-order valence-electron chi connectivity index (χ0n) is 11.9. The third-order valence-corrected chi connectivity index (χ3v) is 2.82. The lowest BCUT2D eigenvalue weighted by molar-refractivity contribution is 0.0595. The molecule has 0 saturated heterocycles. The molecule has 0 atom stereocenters. The van der Waals surface area contributed by atoms with Gasteiger partial charge in [0.1, 0.15) is 5.82 Å². The molecular formula is C14H19FN2O3. The summed E-state index contributed by atoms with van der Waals surface area (Å²) < 4.78 is 18.1. The van der Waals surface area contributed by atoms with Gasteiger partial charge in [0.05, 0.1) is 12.7 Å². The van der Waals surface area contributed by atoms with Gasteiger partial charge in [0.2, 0.25) is 0 Å². The number of benzene rings is 1. The smallest absolute Gasteiger partial charge is 0.340 e. The third kappa shape index (κ3) is 4.22. The van der Waals surface area contributed by atoms with Crippen LogP contribution in [0.25, 0.3) is 0 Å². The van der Waals surface area contributed by atoms with Gasteiger partial charge in [-0.15, -0.1) is 0 Å². The van der Waals surface area contributed by atoms with Crippen LogP contribution in [0.3, 0.4) is 0 Å². The normalized spacial score (nSPS) is 10.0. The van der Waals surface area contributed by atoms with Crippen LogP contribution >= 0.6 is 0 Å². The highest BCUT2D eigenvalue weighted by atomic mass is 19.1. The first-order valence-corrected chi connectivity index (χ1v) is 6.39. The Balaban J connectivity index is 2.72. The number of ether oxygens (including phenoxy) is 1. The second-order valence-electron chi connectivity index (χ2n) is 4.39. The molecule has 0 spiro atoms. The second-order valence-corrected chi connectivity index (χ2v) is 4.39. The largest absolute Gasteiger partial charge is 0.465 e. The lowest BCUT2D eigenvalue weighted by Crippen LogP contribution is -2.32. The van der Waals surface area contributed by atoms with Gasteiger partial charge < -0.3 is 15.0 Å². The van der Waals surface area contributed by atoms with Crippen LogP contribution in [0.4, 0.5) is 14.9 Å². The molecule has 0 bridgehead atoms. The summed E-state index contributed by atoms with van der Waals surface area (Å²) in [5.74, 6) is -1.48. The number of nitrogens with zero attached hydrogens (tertiary/aromatic N) is 1. The molecule has 2 amide bonds. The molecule has 0 aliphatic rings. The average Bonchev–Trinajstić information content (AvgIpc) is 2.44. The first kappa shape index (κ1) is 15.9. The van der Waals surface area contributed by atoms with E-state index in [1.807, 2.05) is 6.92 Å². The number of rotatable bonds is 5. The van der Waals surface area contributed by atoms with Gasteiger partial charge in [0, 0.05) is 19.3 Å². The van der Waals surface area contributed by atoms with Gasteiger partial charge >= 0.3 is 12.0 Å². The summed E-state index contributed by atoms with van der Waals surface area (Å²) >= 11 is 0. The van der Waals surface area contributed by atoms with Crippen molar-refractivity contribution in [3.63, 3.8) is 0 Å². The van der Waals surface area contributed by atoms with Crippen LogP contribution < -0.4 is 5.32 Å². The summed E-state index contributed by atoms with van der Waals surface area (Å²) in [4.78, 5) is 24.6. The minimum Gasteiger partial charge on any atom is -0.465 e. The zero-order valence-corrected chi connectivity index (χ0v) is 11.9. The predicted molar refractivity (Wildman–Crippen MR) is 74.3 cm³/mol. The van der Waals surface area contributed by atoms with Crippen LogP contribution in [0.2, 0.25) is 0 Å². The molecule has 1 rings (SSSR count). The Hall–Kier alpha value is -2.11. The summed E-state index contributed by atoms with van der Waals surface area (Å²) in [6, 6.07) is 3.52. The van der Waals surface area contributed by atoms with E-state index in [1.165, 1.54) is 24.1 Å². The number of carbonyl (C=O) groups excluding carboxylic acids is 2. The number of nitrogens with one attached hydrogen (secondary N) is 1. The maximum absolute atomic E-state index is 13.7. The molecule has 1 N–H and O–H groups in total. The summed E-state index contributed by atoms with van der Waals surface area (Å²) in [5.41, 5.74) is 0.133. The maximum atomic E-state index is 13.7.